The molecular formula is C12H17N5. The average molecular weight is 231 g/mol. The maximum absolute atomic E-state index is 5.98. The lowest BCUT2D eigenvalue weighted by atomic mass is 10.1. The maximum atomic E-state index is 5.98. The lowest BCUT2D eigenvalue weighted by Gasteiger charge is -2.20. The maximum Gasteiger partial charge on any atom is 0.184 e. The number of rotatable bonds is 1. The molecule has 2 rings (SSSR count). The van der Waals surface area contributed by atoms with Gasteiger partial charge in [0.05, 0.1) is 5.54 Å². The minimum atomic E-state index is -0.172. The van der Waals surface area contributed by atoms with E-state index in [0.717, 1.165) is 11.1 Å². The molecule has 0 amide bonds. The molecule has 0 aliphatic heterocycles. The second-order valence-corrected chi connectivity index (χ2v) is 5.18. The smallest absolute Gasteiger partial charge is 0.184 e. The van der Waals surface area contributed by atoms with Crippen LogP contribution >= 0.6 is 0 Å². The minimum Gasteiger partial charge on any atom is -0.398 e. The summed E-state index contributed by atoms with van der Waals surface area (Å²) < 4.78 is 1.79. The zero-order valence-corrected chi connectivity index (χ0v) is 10.6. The van der Waals surface area contributed by atoms with Gasteiger partial charge in [-0.15, -0.1) is 5.10 Å². The normalized spacial score (nSPS) is 11.8. The molecule has 0 unspecified atom stereocenters. The molecule has 1 aromatic heterocycles. The molecule has 5 heteroatoms. The van der Waals surface area contributed by atoms with Crippen LogP contribution in [0.1, 0.15) is 26.3 Å². The standard InChI is InChI=1S/C12H17N5/c1-8-5-6-10(13)9(7-8)11-14-15-16-17(11)12(2,3)4/h5-7H,13H2,1-4H3. The molecule has 0 spiro atoms. The number of aromatic nitrogens is 4. The summed E-state index contributed by atoms with van der Waals surface area (Å²) in [6, 6.07) is 5.86. The van der Waals surface area contributed by atoms with E-state index in [1.165, 1.54) is 0 Å². The van der Waals surface area contributed by atoms with Gasteiger partial charge in [-0.25, -0.2) is 4.68 Å². The topological polar surface area (TPSA) is 69.6 Å². The third-order valence-corrected chi connectivity index (χ3v) is 2.55. The van der Waals surface area contributed by atoms with Gasteiger partial charge in [0.15, 0.2) is 5.82 Å². The van der Waals surface area contributed by atoms with Crippen LogP contribution in [-0.2, 0) is 5.54 Å². The Labute approximate surface area is 101 Å². The first-order chi connectivity index (χ1) is 7.89. The highest BCUT2D eigenvalue weighted by Crippen LogP contribution is 2.27. The van der Waals surface area contributed by atoms with Crippen molar-refractivity contribution >= 4 is 5.69 Å². The third-order valence-electron chi connectivity index (χ3n) is 2.55. The molecule has 2 N–H and O–H groups in total. The molecule has 1 heterocycles. The van der Waals surface area contributed by atoms with Gasteiger partial charge in [-0.3, -0.25) is 0 Å². The number of hydrogen-bond donors (Lipinski definition) is 1. The van der Waals surface area contributed by atoms with Crippen molar-refractivity contribution in [2.45, 2.75) is 33.2 Å². The fourth-order valence-corrected chi connectivity index (χ4v) is 1.67. The first-order valence-corrected chi connectivity index (χ1v) is 5.55. The minimum absolute atomic E-state index is 0.172. The summed E-state index contributed by atoms with van der Waals surface area (Å²) in [6.45, 7) is 8.19. The van der Waals surface area contributed by atoms with Gasteiger partial charge in [0.1, 0.15) is 0 Å². The van der Waals surface area contributed by atoms with Crippen LogP contribution in [0.15, 0.2) is 18.2 Å². The summed E-state index contributed by atoms with van der Waals surface area (Å²) in [5, 5.41) is 11.9. The van der Waals surface area contributed by atoms with Crippen molar-refractivity contribution in [3.05, 3.63) is 23.8 Å². The van der Waals surface area contributed by atoms with Crippen molar-refractivity contribution in [3.8, 4) is 11.4 Å². The molecular weight excluding hydrogens is 214 g/mol. The van der Waals surface area contributed by atoms with Crippen molar-refractivity contribution in [2.24, 2.45) is 0 Å². The Hall–Kier alpha value is -1.91. The fourth-order valence-electron chi connectivity index (χ4n) is 1.67. The van der Waals surface area contributed by atoms with Gasteiger partial charge in [-0.2, -0.15) is 0 Å². The molecule has 0 radical (unpaired) electrons. The number of hydrogen-bond acceptors (Lipinski definition) is 4. The van der Waals surface area contributed by atoms with Gasteiger partial charge in [0.2, 0.25) is 0 Å². The fraction of sp³-hybridized carbons (Fsp3) is 0.417. The molecule has 0 bridgehead atoms. The number of benzene rings is 1. The summed E-state index contributed by atoms with van der Waals surface area (Å²) in [6.07, 6.45) is 0. The number of nitrogens with zero attached hydrogens (tertiary/aromatic N) is 4. The number of anilines is 1. The van der Waals surface area contributed by atoms with E-state index in [1.807, 2.05) is 25.1 Å². The monoisotopic (exact) mass is 231 g/mol. The molecule has 0 aliphatic rings. The molecule has 17 heavy (non-hydrogen) atoms. The molecule has 0 saturated carbocycles. The van der Waals surface area contributed by atoms with Crippen LogP contribution in [0.3, 0.4) is 0 Å². The number of tetrazole rings is 1. The predicted octanol–water partition coefficient (Wildman–Crippen LogP) is 1.99. The van der Waals surface area contributed by atoms with Crippen molar-refractivity contribution in [2.75, 3.05) is 5.73 Å². The van der Waals surface area contributed by atoms with E-state index in [0.29, 0.717) is 11.5 Å². The van der Waals surface area contributed by atoms with Gasteiger partial charge in [0.25, 0.3) is 0 Å². The van der Waals surface area contributed by atoms with E-state index in [-0.39, 0.29) is 5.54 Å². The van der Waals surface area contributed by atoms with Crippen LogP contribution < -0.4 is 5.73 Å². The van der Waals surface area contributed by atoms with Crippen LogP contribution in [-0.4, -0.2) is 20.2 Å². The lowest BCUT2D eigenvalue weighted by molar-refractivity contribution is 0.351. The summed E-state index contributed by atoms with van der Waals surface area (Å²) in [4.78, 5) is 0. The van der Waals surface area contributed by atoms with Crippen LogP contribution in [0.5, 0.6) is 0 Å². The highest BCUT2D eigenvalue weighted by atomic mass is 15.6. The first kappa shape index (κ1) is 11.6. The van der Waals surface area contributed by atoms with Gasteiger partial charge in [-0.1, -0.05) is 11.6 Å². The Morgan fingerprint density at radius 3 is 2.59 bits per heavy atom. The molecule has 0 atom stereocenters. The predicted molar refractivity (Wildman–Crippen MR) is 67.4 cm³/mol. The van der Waals surface area contributed by atoms with E-state index < -0.39 is 0 Å². The Balaban J connectivity index is 2.61. The number of aryl methyl sites for hydroxylation is 1. The van der Waals surface area contributed by atoms with Crippen LogP contribution in [0.2, 0.25) is 0 Å². The van der Waals surface area contributed by atoms with E-state index in [4.69, 9.17) is 5.73 Å². The van der Waals surface area contributed by atoms with E-state index in [9.17, 15) is 0 Å². The quantitative estimate of drug-likeness (QED) is 0.762. The SMILES string of the molecule is Cc1ccc(N)c(-c2nnnn2C(C)(C)C)c1. The molecule has 0 fully saturated rings. The van der Waals surface area contributed by atoms with Crippen molar-refractivity contribution in [1.29, 1.82) is 0 Å². The molecule has 0 aliphatic carbocycles. The number of nitrogens with two attached hydrogens (primary N) is 1. The second kappa shape index (κ2) is 3.84. The Morgan fingerprint density at radius 1 is 1.24 bits per heavy atom. The van der Waals surface area contributed by atoms with Crippen molar-refractivity contribution in [1.82, 2.24) is 20.2 Å². The average Bonchev–Trinajstić information content (AvgIpc) is 2.69. The summed E-state index contributed by atoms with van der Waals surface area (Å²) in [5.74, 6) is 0.707. The van der Waals surface area contributed by atoms with Crippen LogP contribution in [0.25, 0.3) is 11.4 Å². The molecule has 1 aromatic carbocycles. The summed E-state index contributed by atoms with van der Waals surface area (Å²) in [7, 11) is 0. The Morgan fingerprint density at radius 2 is 1.94 bits per heavy atom. The molecule has 0 saturated heterocycles. The van der Waals surface area contributed by atoms with Gasteiger partial charge in [-0.05, 0) is 50.3 Å². The zero-order chi connectivity index (χ0) is 12.6. The largest absolute Gasteiger partial charge is 0.398 e. The Kier molecular flexibility index (Phi) is 2.61. The number of nitrogen functional groups attached to an aromatic ring is 1. The molecule has 90 valence electrons. The van der Waals surface area contributed by atoms with Gasteiger partial charge in [0, 0.05) is 11.3 Å². The van der Waals surface area contributed by atoms with E-state index >= 15 is 0 Å². The summed E-state index contributed by atoms with van der Waals surface area (Å²) >= 11 is 0. The van der Waals surface area contributed by atoms with E-state index in [2.05, 4.69) is 36.3 Å². The molecule has 5 nitrogen and oxygen atoms in total. The third kappa shape index (κ3) is 2.13. The Bertz CT molecular complexity index is 536. The van der Waals surface area contributed by atoms with Gasteiger partial charge < -0.3 is 5.73 Å². The highest BCUT2D eigenvalue weighted by Gasteiger charge is 2.21. The molecule has 2 aromatic rings. The lowest BCUT2D eigenvalue weighted by Crippen LogP contribution is -2.24. The highest BCUT2D eigenvalue weighted by molar-refractivity contribution is 5.72. The second-order valence-electron chi connectivity index (χ2n) is 5.18. The summed E-state index contributed by atoms with van der Waals surface area (Å²) in [5.41, 5.74) is 8.52. The van der Waals surface area contributed by atoms with Gasteiger partial charge >= 0.3 is 0 Å². The zero-order valence-electron chi connectivity index (χ0n) is 10.6. The van der Waals surface area contributed by atoms with Crippen LogP contribution in [0, 0.1) is 6.92 Å². The van der Waals surface area contributed by atoms with Crippen molar-refractivity contribution in [3.63, 3.8) is 0 Å². The van der Waals surface area contributed by atoms with E-state index in [1.54, 1.807) is 4.68 Å². The van der Waals surface area contributed by atoms with Crippen molar-refractivity contribution < 1.29 is 0 Å². The first-order valence-electron chi connectivity index (χ1n) is 5.55. The van der Waals surface area contributed by atoms with Crippen LogP contribution in [0.4, 0.5) is 5.69 Å².